The average molecular weight is 343 g/mol. The van der Waals surface area contributed by atoms with E-state index in [9.17, 15) is 0 Å². The Bertz CT molecular complexity index is 610. The number of aromatic nitrogens is 2. The molecule has 1 aromatic carbocycles. The lowest BCUT2D eigenvalue weighted by Gasteiger charge is -2.22. The molecule has 3 rings (SSSR count). The van der Waals surface area contributed by atoms with Crippen LogP contribution in [0.25, 0.3) is 11.3 Å². The number of nitrogens with one attached hydrogen (secondary N) is 1. The number of benzene rings is 1. The second kappa shape index (κ2) is 9.04. The molecule has 4 nitrogen and oxygen atoms in total. The Balaban J connectivity index is 1.45. The first-order chi connectivity index (χ1) is 11.8. The Hall–Kier alpha value is -1.59. The van der Waals surface area contributed by atoms with E-state index in [4.69, 9.17) is 4.74 Å². The van der Waals surface area contributed by atoms with Gasteiger partial charge in [0.1, 0.15) is 10.8 Å². The monoisotopic (exact) mass is 343 g/mol. The van der Waals surface area contributed by atoms with Gasteiger partial charge in [-0.2, -0.15) is 0 Å². The number of nitrogens with zero attached hydrogens (tertiary/aromatic N) is 2. The van der Waals surface area contributed by atoms with Gasteiger partial charge in [0.15, 0.2) is 0 Å². The van der Waals surface area contributed by atoms with Crippen molar-refractivity contribution in [2.24, 2.45) is 5.92 Å². The van der Waals surface area contributed by atoms with Crippen LogP contribution in [0.2, 0.25) is 0 Å². The number of hydrogen-bond acceptors (Lipinski definition) is 5. The van der Waals surface area contributed by atoms with Crippen LogP contribution in [0.4, 0.5) is 0 Å². The lowest BCUT2D eigenvalue weighted by atomic mass is 9.95. The number of hydrogen-bond donors (Lipinski definition) is 1. The van der Waals surface area contributed by atoms with E-state index in [1.165, 1.54) is 32.4 Å². The van der Waals surface area contributed by atoms with Crippen LogP contribution in [0.1, 0.15) is 25.7 Å². The molecule has 0 spiro atoms. The molecule has 1 atom stereocenters. The van der Waals surface area contributed by atoms with E-state index < -0.39 is 0 Å². The van der Waals surface area contributed by atoms with Crippen molar-refractivity contribution >= 4 is 11.8 Å². The number of ether oxygens (including phenoxy) is 1. The molecule has 0 amide bonds. The minimum absolute atomic E-state index is 0.790. The van der Waals surface area contributed by atoms with Crippen LogP contribution in [-0.4, -0.2) is 36.1 Å². The lowest BCUT2D eigenvalue weighted by Crippen LogP contribution is -2.29. The first kappa shape index (κ1) is 17.2. The normalized spacial score (nSPS) is 17.6. The molecular formula is C19H25N3OS. The van der Waals surface area contributed by atoms with Crippen LogP contribution >= 0.6 is 11.8 Å². The molecule has 1 N–H and O–H groups in total. The minimum Gasteiger partial charge on any atom is -0.494 e. The molecule has 1 aromatic heterocycles. The summed E-state index contributed by atoms with van der Waals surface area (Å²) in [5, 5.41) is 12.8. The molecule has 0 aliphatic carbocycles. The van der Waals surface area contributed by atoms with Crippen molar-refractivity contribution in [1.29, 1.82) is 0 Å². The maximum absolute atomic E-state index is 5.86. The van der Waals surface area contributed by atoms with E-state index >= 15 is 0 Å². The van der Waals surface area contributed by atoms with Gasteiger partial charge < -0.3 is 10.1 Å². The molecular weight excluding hydrogens is 318 g/mol. The SMILES string of the molecule is CSc1ccc(-c2ccc(OCCCC3CCCNC3)cc2)nn1. The fraction of sp³-hybridized carbons (Fsp3) is 0.474. The van der Waals surface area contributed by atoms with Gasteiger partial charge in [0, 0.05) is 5.56 Å². The quantitative estimate of drug-likeness (QED) is 0.608. The van der Waals surface area contributed by atoms with Crippen LogP contribution in [0.5, 0.6) is 5.75 Å². The Morgan fingerprint density at radius 3 is 2.71 bits per heavy atom. The van der Waals surface area contributed by atoms with Crippen molar-refractivity contribution in [3.8, 4) is 17.0 Å². The largest absolute Gasteiger partial charge is 0.494 e. The predicted molar refractivity (Wildman–Crippen MR) is 99.6 cm³/mol. The summed E-state index contributed by atoms with van der Waals surface area (Å²) in [6.45, 7) is 3.15. The summed E-state index contributed by atoms with van der Waals surface area (Å²) in [6, 6.07) is 12.1. The highest BCUT2D eigenvalue weighted by molar-refractivity contribution is 7.98. The van der Waals surface area contributed by atoms with E-state index in [0.29, 0.717) is 0 Å². The summed E-state index contributed by atoms with van der Waals surface area (Å²) in [7, 11) is 0. The summed E-state index contributed by atoms with van der Waals surface area (Å²) >= 11 is 1.60. The first-order valence-corrected chi connectivity index (χ1v) is 9.89. The summed E-state index contributed by atoms with van der Waals surface area (Å²) < 4.78 is 5.86. The second-order valence-electron chi connectivity index (χ2n) is 6.19. The van der Waals surface area contributed by atoms with Crippen molar-refractivity contribution in [1.82, 2.24) is 15.5 Å². The Kier molecular flexibility index (Phi) is 6.49. The third-order valence-electron chi connectivity index (χ3n) is 4.42. The molecule has 128 valence electrons. The Morgan fingerprint density at radius 2 is 2.04 bits per heavy atom. The van der Waals surface area contributed by atoms with E-state index in [0.717, 1.165) is 41.0 Å². The van der Waals surface area contributed by atoms with Crippen molar-refractivity contribution in [2.75, 3.05) is 26.0 Å². The van der Waals surface area contributed by atoms with E-state index in [2.05, 4.69) is 15.5 Å². The fourth-order valence-electron chi connectivity index (χ4n) is 3.04. The highest BCUT2D eigenvalue weighted by atomic mass is 32.2. The molecule has 1 aliphatic heterocycles. The van der Waals surface area contributed by atoms with Crippen LogP contribution in [0.3, 0.4) is 0 Å². The average Bonchev–Trinajstić information content (AvgIpc) is 2.67. The lowest BCUT2D eigenvalue weighted by molar-refractivity contribution is 0.275. The van der Waals surface area contributed by atoms with E-state index in [1.54, 1.807) is 11.8 Å². The standard InChI is InChI=1S/C19H25N3OS/c1-24-19-11-10-18(21-22-19)16-6-8-17(9-7-16)23-13-3-5-15-4-2-12-20-14-15/h6-11,15,20H,2-5,12-14H2,1H3. The molecule has 0 radical (unpaired) electrons. The topological polar surface area (TPSA) is 47.0 Å². The van der Waals surface area contributed by atoms with Crippen LogP contribution < -0.4 is 10.1 Å². The summed E-state index contributed by atoms with van der Waals surface area (Å²) in [5.74, 6) is 1.75. The van der Waals surface area contributed by atoms with Crippen LogP contribution in [0.15, 0.2) is 41.4 Å². The first-order valence-electron chi connectivity index (χ1n) is 8.67. The van der Waals surface area contributed by atoms with Gasteiger partial charge in [0.25, 0.3) is 0 Å². The molecule has 0 bridgehead atoms. The zero-order chi connectivity index (χ0) is 16.6. The van der Waals surface area contributed by atoms with Crippen molar-refractivity contribution in [2.45, 2.75) is 30.7 Å². The maximum Gasteiger partial charge on any atom is 0.119 e. The summed E-state index contributed by atoms with van der Waals surface area (Å²) in [4.78, 5) is 0. The van der Waals surface area contributed by atoms with Gasteiger partial charge >= 0.3 is 0 Å². The predicted octanol–water partition coefficient (Wildman–Crippen LogP) is 4.02. The van der Waals surface area contributed by atoms with E-state index in [1.807, 2.05) is 42.7 Å². The highest BCUT2D eigenvalue weighted by Gasteiger charge is 2.12. The number of thioether (sulfide) groups is 1. The summed E-state index contributed by atoms with van der Waals surface area (Å²) in [6.07, 6.45) is 7.05. The third-order valence-corrected chi connectivity index (χ3v) is 5.06. The van der Waals surface area contributed by atoms with Crippen molar-refractivity contribution in [3.63, 3.8) is 0 Å². The minimum atomic E-state index is 0.790. The zero-order valence-corrected chi connectivity index (χ0v) is 15.0. The van der Waals surface area contributed by atoms with Gasteiger partial charge in [-0.05, 0) is 87.3 Å². The maximum atomic E-state index is 5.86. The van der Waals surface area contributed by atoms with Crippen molar-refractivity contribution < 1.29 is 4.74 Å². The molecule has 2 aromatic rings. The molecule has 1 aliphatic rings. The molecule has 5 heteroatoms. The summed E-state index contributed by atoms with van der Waals surface area (Å²) in [5.41, 5.74) is 1.96. The van der Waals surface area contributed by atoms with Gasteiger partial charge in [-0.1, -0.05) is 0 Å². The third kappa shape index (κ3) is 4.95. The fourth-order valence-corrected chi connectivity index (χ4v) is 3.36. The Morgan fingerprint density at radius 1 is 1.17 bits per heavy atom. The molecule has 0 saturated carbocycles. The molecule has 2 heterocycles. The van der Waals surface area contributed by atoms with Gasteiger partial charge in [-0.25, -0.2) is 0 Å². The zero-order valence-electron chi connectivity index (χ0n) is 14.2. The molecule has 1 fully saturated rings. The number of rotatable bonds is 7. The van der Waals surface area contributed by atoms with Crippen LogP contribution in [0, 0.1) is 5.92 Å². The molecule has 1 unspecified atom stereocenters. The van der Waals surface area contributed by atoms with Crippen LogP contribution in [-0.2, 0) is 0 Å². The van der Waals surface area contributed by atoms with Gasteiger partial charge in [0.2, 0.25) is 0 Å². The highest BCUT2D eigenvalue weighted by Crippen LogP contribution is 2.22. The molecule has 1 saturated heterocycles. The van der Waals surface area contributed by atoms with Gasteiger partial charge in [-0.15, -0.1) is 22.0 Å². The number of piperidine rings is 1. The Labute approximate surface area is 148 Å². The smallest absolute Gasteiger partial charge is 0.119 e. The van der Waals surface area contributed by atoms with Gasteiger partial charge in [0.05, 0.1) is 12.3 Å². The van der Waals surface area contributed by atoms with Gasteiger partial charge in [-0.3, -0.25) is 0 Å². The second-order valence-corrected chi connectivity index (χ2v) is 7.01. The van der Waals surface area contributed by atoms with E-state index in [-0.39, 0.29) is 0 Å². The molecule has 24 heavy (non-hydrogen) atoms. The van der Waals surface area contributed by atoms with Crippen molar-refractivity contribution in [3.05, 3.63) is 36.4 Å².